The van der Waals surface area contributed by atoms with Crippen LogP contribution in [0, 0.1) is 17.8 Å². The molecule has 2 aliphatic heterocycles. The Morgan fingerprint density at radius 1 is 1.17 bits per heavy atom. The van der Waals surface area contributed by atoms with Gasteiger partial charge in [0.1, 0.15) is 17.5 Å². The number of anilines is 1. The molecular formula is C38H44ClFN5O6S-. The maximum Gasteiger partial charge on any atom is 0.257 e. The number of aromatic nitrogens is 2. The van der Waals surface area contributed by atoms with Gasteiger partial charge in [0.25, 0.3) is 11.8 Å². The first-order chi connectivity index (χ1) is 25.0. The van der Waals surface area contributed by atoms with Crippen molar-refractivity contribution in [1.29, 1.82) is 0 Å². The SMILES string of the molecule is COc1nn(C)cc1C(=O)NC1[C@@H](C)[C@@H](F)/C=C/[C@H](OC)[C@@H]2CC[C@H]2CN2C[C@@]3(CCCc4cc(Cl)ccc43)COc3ccc(cc32)C(=O)N=[S-]1=O. The summed E-state index contributed by atoms with van der Waals surface area (Å²) in [5.41, 5.74) is 3.19. The van der Waals surface area contributed by atoms with Crippen molar-refractivity contribution in [3.05, 3.63) is 82.0 Å². The van der Waals surface area contributed by atoms with Crippen LogP contribution in [-0.4, -0.2) is 73.2 Å². The van der Waals surface area contributed by atoms with Crippen LogP contribution in [0.1, 0.15) is 64.4 Å². The molecule has 7 rings (SSSR count). The Morgan fingerprint density at radius 2 is 2.00 bits per heavy atom. The normalized spacial score (nSPS) is 29.8. The number of nitrogens with zero attached hydrogens (tertiary/aromatic N) is 4. The van der Waals surface area contributed by atoms with E-state index in [1.807, 2.05) is 6.07 Å². The number of aryl methyl sites for hydroxylation is 2. The first-order valence-electron chi connectivity index (χ1n) is 17.7. The predicted octanol–water partition coefficient (Wildman–Crippen LogP) is 6.18. The fraction of sp³-hybridized carbons (Fsp3) is 0.500. The lowest BCUT2D eigenvalue weighted by Crippen LogP contribution is -2.49. The molecule has 11 nitrogen and oxygen atoms in total. The molecule has 1 spiro atoms. The van der Waals surface area contributed by atoms with Crippen LogP contribution in [0.5, 0.6) is 11.6 Å². The summed E-state index contributed by atoms with van der Waals surface area (Å²) in [5, 5.41) is 6.12. The number of methoxy groups -OCH3 is 2. The smallest absolute Gasteiger partial charge is 0.257 e. The van der Waals surface area contributed by atoms with Crippen LogP contribution in [0.2, 0.25) is 5.02 Å². The molecule has 2 bridgehead atoms. The van der Waals surface area contributed by atoms with Gasteiger partial charge in [-0.25, -0.2) is 4.39 Å². The highest BCUT2D eigenvalue weighted by Gasteiger charge is 2.44. The Labute approximate surface area is 310 Å². The molecule has 0 radical (unpaired) electrons. The van der Waals surface area contributed by atoms with Crippen molar-refractivity contribution < 1.29 is 32.4 Å². The second kappa shape index (κ2) is 14.8. The van der Waals surface area contributed by atoms with Gasteiger partial charge in [-0.05, 0) is 91.3 Å². The zero-order chi connectivity index (χ0) is 36.7. The van der Waals surface area contributed by atoms with Crippen molar-refractivity contribution in [2.75, 3.05) is 38.8 Å². The maximum atomic E-state index is 16.1. The van der Waals surface area contributed by atoms with Crippen molar-refractivity contribution in [3.63, 3.8) is 0 Å². The third kappa shape index (κ3) is 6.94. The summed E-state index contributed by atoms with van der Waals surface area (Å²) in [7, 11) is 2.25. The molecule has 1 fully saturated rings. The molecule has 1 aromatic heterocycles. The number of halogens is 2. The minimum atomic E-state index is -2.38. The largest absolute Gasteiger partial charge is 0.490 e. The van der Waals surface area contributed by atoms with Crippen LogP contribution in [0.15, 0.2) is 59.1 Å². The van der Waals surface area contributed by atoms with Gasteiger partial charge in [0.05, 0.1) is 25.5 Å². The lowest BCUT2D eigenvalue weighted by atomic mass is 9.68. The Hall–Kier alpha value is -3.94. The van der Waals surface area contributed by atoms with Gasteiger partial charge < -0.3 is 33.0 Å². The second-order valence-corrected chi connectivity index (χ2v) is 16.1. The van der Waals surface area contributed by atoms with E-state index >= 15 is 4.39 Å². The van der Waals surface area contributed by atoms with E-state index in [0.29, 0.717) is 30.5 Å². The third-order valence-electron chi connectivity index (χ3n) is 11.3. The summed E-state index contributed by atoms with van der Waals surface area (Å²) in [4.78, 5) is 29.6. The van der Waals surface area contributed by atoms with E-state index in [1.165, 1.54) is 42.1 Å². The Balaban J connectivity index is 1.29. The van der Waals surface area contributed by atoms with Gasteiger partial charge in [0.2, 0.25) is 5.88 Å². The molecule has 0 saturated heterocycles. The van der Waals surface area contributed by atoms with Crippen LogP contribution >= 0.6 is 11.6 Å². The van der Waals surface area contributed by atoms with Crippen molar-refractivity contribution in [2.24, 2.45) is 29.2 Å². The molecule has 2 amide bonds. The van der Waals surface area contributed by atoms with Crippen molar-refractivity contribution in [3.8, 4) is 11.6 Å². The number of carbonyl (C=O) groups excluding carboxylic acids is 2. The van der Waals surface area contributed by atoms with Gasteiger partial charge in [0.15, 0.2) is 0 Å². The number of carbonyl (C=O) groups is 2. The van der Waals surface area contributed by atoms with Gasteiger partial charge in [-0.15, -0.1) is 5.10 Å². The van der Waals surface area contributed by atoms with Crippen LogP contribution in [-0.2, 0) is 38.4 Å². The summed E-state index contributed by atoms with van der Waals surface area (Å²) in [6, 6.07) is 11.3. The number of rotatable bonds is 4. The van der Waals surface area contributed by atoms with Crippen LogP contribution < -0.4 is 19.7 Å². The van der Waals surface area contributed by atoms with Gasteiger partial charge >= 0.3 is 0 Å². The van der Waals surface area contributed by atoms with E-state index in [1.54, 1.807) is 38.4 Å². The molecule has 4 aliphatic rings. The summed E-state index contributed by atoms with van der Waals surface area (Å²) < 4.78 is 53.2. The molecule has 3 heterocycles. The van der Waals surface area contributed by atoms with Crippen LogP contribution in [0.25, 0.3) is 0 Å². The minimum absolute atomic E-state index is 0.0494. The van der Waals surface area contributed by atoms with Crippen molar-refractivity contribution in [1.82, 2.24) is 15.1 Å². The number of benzene rings is 2. The van der Waals surface area contributed by atoms with Gasteiger partial charge in [-0.3, -0.25) is 14.3 Å². The van der Waals surface area contributed by atoms with E-state index in [9.17, 15) is 13.8 Å². The summed E-state index contributed by atoms with van der Waals surface area (Å²) in [6.45, 7) is 3.33. The van der Waals surface area contributed by atoms with E-state index in [4.69, 9.17) is 25.8 Å². The van der Waals surface area contributed by atoms with Crippen LogP contribution in [0.3, 0.4) is 0 Å². The van der Waals surface area contributed by atoms with E-state index in [0.717, 1.165) is 37.8 Å². The number of ether oxygens (including phenoxy) is 3. The molecule has 278 valence electrons. The van der Waals surface area contributed by atoms with Gasteiger partial charge in [-0.1, -0.05) is 36.7 Å². The molecule has 2 aliphatic carbocycles. The Kier molecular flexibility index (Phi) is 10.4. The highest BCUT2D eigenvalue weighted by Crippen LogP contribution is 2.47. The van der Waals surface area contributed by atoms with E-state index in [2.05, 4.69) is 31.8 Å². The first-order valence-corrected chi connectivity index (χ1v) is 19.3. The van der Waals surface area contributed by atoms with Crippen LogP contribution in [0.4, 0.5) is 10.1 Å². The fourth-order valence-electron chi connectivity index (χ4n) is 8.28. The molecular weight excluding hydrogens is 709 g/mol. The number of alkyl halides is 1. The number of hydrogen-bond acceptors (Lipinski definition) is 9. The molecule has 14 heteroatoms. The summed E-state index contributed by atoms with van der Waals surface area (Å²) >= 11 is 6.43. The third-order valence-corrected chi connectivity index (χ3v) is 12.8. The zero-order valence-corrected chi connectivity index (χ0v) is 31.3. The zero-order valence-electron chi connectivity index (χ0n) is 29.7. The molecule has 52 heavy (non-hydrogen) atoms. The van der Waals surface area contributed by atoms with Crippen molar-refractivity contribution in [2.45, 2.75) is 62.1 Å². The molecule has 1 N–H and O–H groups in total. The maximum absolute atomic E-state index is 16.1. The lowest BCUT2D eigenvalue weighted by Gasteiger charge is -2.46. The highest BCUT2D eigenvalue weighted by atomic mass is 35.5. The number of fused-ring (bicyclic) bond motifs is 4. The number of hydrogen-bond donors (Lipinski definition) is 1. The number of amides is 2. The Morgan fingerprint density at radius 3 is 2.75 bits per heavy atom. The second-order valence-electron chi connectivity index (χ2n) is 14.5. The van der Waals surface area contributed by atoms with E-state index < -0.39 is 39.9 Å². The summed E-state index contributed by atoms with van der Waals surface area (Å²) in [5.74, 6) is -1.42. The number of allylic oxidation sites excluding steroid dienone is 1. The average Bonchev–Trinajstić information content (AvgIpc) is 3.44. The quantitative estimate of drug-likeness (QED) is 0.248. The summed E-state index contributed by atoms with van der Waals surface area (Å²) in [6.07, 6.45) is 7.33. The number of nitrogens with one attached hydrogen (secondary N) is 1. The highest BCUT2D eigenvalue weighted by molar-refractivity contribution is 7.75. The molecule has 1 saturated carbocycles. The minimum Gasteiger partial charge on any atom is -0.490 e. The topological polar surface area (TPSA) is 124 Å². The molecule has 2 aromatic carbocycles. The standard InChI is InChI=1S/C38H44ClFN5O6S/c1-22-30(40)12-14-32(49-3)27-10-7-25(27)18-45-20-38(15-5-6-23-16-26(39)9-11-29(23)38)21-51-33-13-8-24(17-31(33)45)34(46)43-52(48)37(22)41-35(47)28-19-44(2)42-36(28)50-4/h8-9,11-14,16-17,19,22,25,27,30,32,37H,5-7,10,15,18,20-21H2,1-4H3,(H,41,47)/q-1/b14-12+/t22-,25-,27+,30-,32-,37?,38-/m0/s1. The Bertz CT molecular complexity index is 1980. The average molecular weight is 753 g/mol. The fourth-order valence-corrected chi connectivity index (χ4v) is 9.58. The molecule has 7 atom stereocenters. The lowest BCUT2D eigenvalue weighted by molar-refractivity contribution is 0.0128. The predicted molar refractivity (Wildman–Crippen MR) is 196 cm³/mol. The van der Waals surface area contributed by atoms with Crippen molar-refractivity contribution >= 4 is 39.7 Å². The van der Waals surface area contributed by atoms with Gasteiger partial charge in [0, 0.05) is 54.8 Å². The molecule has 3 aromatic rings. The monoisotopic (exact) mass is 752 g/mol. The van der Waals surface area contributed by atoms with E-state index in [-0.39, 0.29) is 40.4 Å². The first kappa shape index (κ1) is 36.4. The van der Waals surface area contributed by atoms with Gasteiger partial charge in [-0.2, -0.15) is 10.6 Å². The molecule has 1 unspecified atom stereocenters.